The maximum atomic E-state index is 13.0. The molecule has 6 nitrogen and oxygen atoms in total. The summed E-state index contributed by atoms with van der Waals surface area (Å²) in [6.45, 7) is 18.5. The molecule has 0 spiro atoms. The number of carbonyl (C=O) groups is 1. The lowest BCUT2D eigenvalue weighted by molar-refractivity contribution is -0.117. The van der Waals surface area contributed by atoms with Crippen molar-refractivity contribution in [3.05, 3.63) is 42.0 Å². The SMILES string of the molecule is COCOC(C)(C)CCC/C=C1/[C@@H](OC(=O)Nc2ccccc2)C[C@H]2[C@@H](O[Si](C)(C)C(C)(C)C)CCC[C@]12C. The first-order valence-corrected chi connectivity index (χ1v) is 17.6. The van der Waals surface area contributed by atoms with Gasteiger partial charge in [0.25, 0.3) is 0 Å². The lowest BCUT2D eigenvalue weighted by atomic mass is 9.66. The summed E-state index contributed by atoms with van der Waals surface area (Å²) >= 11 is 0. The summed E-state index contributed by atoms with van der Waals surface area (Å²) in [4.78, 5) is 13.0. The van der Waals surface area contributed by atoms with Crippen molar-refractivity contribution >= 4 is 20.1 Å². The predicted molar refractivity (Wildman–Crippen MR) is 161 cm³/mol. The molecule has 1 aromatic carbocycles. The fourth-order valence-electron chi connectivity index (χ4n) is 6.01. The van der Waals surface area contributed by atoms with E-state index in [0.717, 1.165) is 50.6 Å². The number of methoxy groups -OCH3 is 1. The summed E-state index contributed by atoms with van der Waals surface area (Å²) in [5.74, 6) is 0.336. The molecule has 0 bridgehead atoms. The van der Waals surface area contributed by atoms with Crippen LogP contribution in [0.15, 0.2) is 42.0 Å². The van der Waals surface area contributed by atoms with Crippen molar-refractivity contribution in [3.8, 4) is 0 Å². The lowest BCUT2D eigenvalue weighted by Crippen LogP contribution is -2.49. The van der Waals surface area contributed by atoms with Gasteiger partial charge >= 0.3 is 6.09 Å². The molecule has 2 fully saturated rings. The van der Waals surface area contributed by atoms with Crippen LogP contribution in [0.2, 0.25) is 18.1 Å². The highest BCUT2D eigenvalue weighted by Gasteiger charge is 2.55. The molecule has 2 aliphatic rings. The van der Waals surface area contributed by atoms with Gasteiger partial charge in [-0.15, -0.1) is 0 Å². The minimum Gasteiger partial charge on any atom is -0.441 e. The van der Waals surface area contributed by atoms with Crippen LogP contribution in [-0.4, -0.2) is 46.1 Å². The Bertz CT molecular complexity index is 971. The molecule has 2 aliphatic carbocycles. The van der Waals surface area contributed by atoms with Crippen molar-refractivity contribution in [1.29, 1.82) is 0 Å². The van der Waals surface area contributed by atoms with E-state index in [2.05, 4.69) is 66.0 Å². The van der Waals surface area contributed by atoms with Gasteiger partial charge in [0.15, 0.2) is 8.32 Å². The zero-order valence-corrected chi connectivity index (χ0v) is 26.9. The van der Waals surface area contributed by atoms with Gasteiger partial charge in [0, 0.05) is 18.9 Å². The number of ether oxygens (including phenoxy) is 3. The Morgan fingerprint density at radius 3 is 2.49 bits per heavy atom. The Hall–Kier alpha value is -1.67. The first-order chi connectivity index (χ1) is 18.2. The average Bonchev–Trinajstić information content (AvgIpc) is 3.12. The number of anilines is 1. The number of nitrogens with one attached hydrogen (secondary N) is 1. The van der Waals surface area contributed by atoms with Crippen LogP contribution in [0.4, 0.5) is 10.5 Å². The first kappa shape index (κ1) is 31.8. The molecule has 220 valence electrons. The van der Waals surface area contributed by atoms with E-state index in [-0.39, 0.29) is 28.3 Å². The van der Waals surface area contributed by atoms with Gasteiger partial charge in [-0.05, 0) is 99.5 Å². The smallest absolute Gasteiger partial charge is 0.412 e. The standard InChI is InChI=1S/C32H53NO5Si/c1-30(2,3)39(8,9)38-27-19-15-21-32(6)25(18-13-14-20-31(4,5)36-23-35-7)28(22-26(27)32)37-29(34)33-24-16-11-10-12-17-24/h10-12,16-18,26-28H,13-15,19-23H2,1-9H3,(H,33,34)/b25-18-/t26-,27-,28-,32+/m0/s1. The van der Waals surface area contributed by atoms with Crippen molar-refractivity contribution in [3.63, 3.8) is 0 Å². The molecule has 39 heavy (non-hydrogen) atoms. The van der Waals surface area contributed by atoms with E-state index >= 15 is 0 Å². The number of hydrogen-bond donors (Lipinski definition) is 1. The second-order valence-corrected chi connectivity index (χ2v) is 18.6. The van der Waals surface area contributed by atoms with Crippen molar-refractivity contribution < 1.29 is 23.4 Å². The van der Waals surface area contributed by atoms with E-state index in [1.165, 1.54) is 5.57 Å². The van der Waals surface area contributed by atoms with Gasteiger partial charge in [0.05, 0.1) is 5.60 Å². The number of benzene rings is 1. The molecule has 0 heterocycles. The van der Waals surface area contributed by atoms with Gasteiger partial charge in [0.2, 0.25) is 0 Å². The Morgan fingerprint density at radius 2 is 1.85 bits per heavy atom. The van der Waals surface area contributed by atoms with Crippen LogP contribution in [-0.2, 0) is 18.6 Å². The summed E-state index contributed by atoms with van der Waals surface area (Å²) in [7, 11) is -0.288. The number of carbonyl (C=O) groups excluding carboxylic acids is 1. The summed E-state index contributed by atoms with van der Waals surface area (Å²) < 4.78 is 24.2. The molecular weight excluding hydrogens is 506 g/mol. The quantitative estimate of drug-likeness (QED) is 0.127. The van der Waals surface area contributed by atoms with Crippen LogP contribution < -0.4 is 5.32 Å². The molecule has 0 unspecified atom stereocenters. The van der Waals surface area contributed by atoms with E-state index < -0.39 is 14.4 Å². The van der Waals surface area contributed by atoms with Crippen molar-refractivity contribution in [2.75, 3.05) is 19.2 Å². The highest BCUT2D eigenvalue weighted by atomic mass is 28.4. The number of hydrogen-bond acceptors (Lipinski definition) is 5. The number of para-hydroxylation sites is 1. The third-order valence-corrected chi connectivity index (χ3v) is 13.9. The topological polar surface area (TPSA) is 66.0 Å². The number of amides is 1. The summed E-state index contributed by atoms with van der Waals surface area (Å²) in [5, 5.41) is 3.07. The van der Waals surface area contributed by atoms with Gasteiger partial charge < -0.3 is 18.6 Å². The van der Waals surface area contributed by atoms with E-state index in [1.807, 2.05) is 30.3 Å². The van der Waals surface area contributed by atoms with Gasteiger partial charge in [-0.25, -0.2) is 4.79 Å². The number of allylic oxidation sites excluding steroid dienone is 1. The molecule has 1 aromatic rings. The normalized spacial score (nSPS) is 26.9. The zero-order chi connectivity index (χ0) is 28.9. The molecule has 1 amide bonds. The molecule has 0 aromatic heterocycles. The highest BCUT2D eigenvalue weighted by molar-refractivity contribution is 6.74. The third kappa shape index (κ3) is 8.18. The highest BCUT2D eigenvalue weighted by Crippen LogP contribution is 2.58. The Morgan fingerprint density at radius 1 is 1.15 bits per heavy atom. The monoisotopic (exact) mass is 559 g/mol. The molecule has 4 atom stereocenters. The molecule has 0 radical (unpaired) electrons. The first-order valence-electron chi connectivity index (χ1n) is 14.7. The molecule has 3 rings (SSSR count). The zero-order valence-electron chi connectivity index (χ0n) is 25.9. The number of unbranched alkanes of at least 4 members (excludes halogenated alkanes) is 1. The van der Waals surface area contributed by atoms with Crippen LogP contribution in [0.25, 0.3) is 0 Å². The fraction of sp³-hybridized carbons (Fsp3) is 0.719. The summed E-state index contributed by atoms with van der Waals surface area (Å²) in [6.07, 6.45) is 8.88. The van der Waals surface area contributed by atoms with Crippen molar-refractivity contribution in [2.24, 2.45) is 11.3 Å². The maximum absolute atomic E-state index is 13.0. The van der Waals surface area contributed by atoms with E-state index in [9.17, 15) is 4.79 Å². The Labute approximate surface area is 238 Å². The maximum Gasteiger partial charge on any atom is 0.412 e. The van der Waals surface area contributed by atoms with E-state index in [0.29, 0.717) is 12.7 Å². The molecular formula is C32H53NO5Si. The van der Waals surface area contributed by atoms with Crippen LogP contribution in [0, 0.1) is 11.3 Å². The Kier molecular flexibility index (Phi) is 10.5. The molecule has 2 saturated carbocycles. The number of rotatable bonds is 11. The van der Waals surface area contributed by atoms with Crippen molar-refractivity contribution in [1.82, 2.24) is 0 Å². The molecule has 1 N–H and O–H groups in total. The van der Waals surface area contributed by atoms with Gasteiger partial charge in [0.1, 0.15) is 12.9 Å². The van der Waals surface area contributed by atoms with Crippen LogP contribution >= 0.6 is 0 Å². The second kappa shape index (κ2) is 12.9. The minimum absolute atomic E-state index is 0.0367. The van der Waals surface area contributed by atoms with Crippen LogP contribution in [0.1, 0.15) is 86.5 Å². The second-order valence-electron chi connectivity index (χ2n) is 13.8. The molecule has 7 heteroatoms. The average molecular weight is 560 g/mol. The summed E-state index contributed by atoms with van der Waals surface area (Å²) in [6, 6.07) is 9.51. The Balaban J connectivity index is 1.81. The minimum atomic E-state index is -1.94. The van der Waals surface area contributed by atoms with E-state index in [4.69, 9.17) is 18.6 Å². The third-order valence-electron chi connectivity index (χ3n) is 9.36. The lowest BCUT2D eigenvalue weighted by Gasteiger charge is -2.47. The summed E-state index contributed by atoms with van der Waals surface area (Å²) in [5.41, 5.74) is 1.74. The fourth-order valence-corrected chi connectivity index (χ4v) is 7.40. The van der Waals surface area contributed by atoms with Crippen molar-refractivity contribution in [2.45, 2.75) is 122 Å². The molecule has 0 aliphatic heterocycles. The van der Waals surface area contributed by atoms with Gasteiger partial charge in [-0.2, -0.15) is 0 Å². The van der Waals surface area contributed by atoms with Gasteiger partial charge in [-0.3, -0.25) is 5.32 Å². The van der Waals surface area contributed by atoms with Gasteiger partial charge in [-0.1, -0.05) is 58.4 Å². The largest absolute Gasteiger partial charge is 0.441 e. The molecule has 0 saturated heterocycles. The van der Waals surface area contributed by atoms with Crippen LogP contribution in [0.3, 0.4) is 0 Å². The van der Waals surface area contributed by atoms with E-state index in [1.54, 1.807) is 7.11 Å². The predicted octanol–water partition coefficient (Wildman–Crippen LogP) is 8.70. The number of fused-ring (bicyclic) bond motifs is 1. The van der Waals surface area contributed by atoms with Crippen LogP contribution in [0.5, 0.6) is 0 Å².